The fourth-order valence-corrected chi connectivity index (χ4v) is 3.30. The van der Waals surface area contributed by atoms with Crippen molar-refractivity contribution in [3.05, 3.63) is 69.8 Å². The molecule has 142 valence electrons. The average Bonchev–Trinajstić information content (AvgIpc) is 2.68. The Labute approximate surface area is 158 Å². The summed E-state index contributed by atoms with van der Waals surface area (Å²) in [6, 6.07) is 14.4. The molecule has 2 aromatic rings. The summed E-state index contributed by atoms with van der Waals surface area (Å²) in [7, 11) is 0. The van der Waals surface area contributed by atoms with Crippen molar-refractivity contribution >= 4 is 17.3 Å². The fraction of sp³-hybridized carbons (Fsp3) is 0.350. The Morgan fingerprint density at radius 2 is 1.81 bits per heavy atom. The summed E-state index contributed by atoms with van der Waals surface area (Å²) >= 11 is 0. The highest BCUT2D eigenvalue weighted by Crippen LogP contribution is 2.26. The lowest BCUT2D eigenvalue weighted by Gasteiger charge is -2.26. The molecule has 0 heterocycles. The topological polar surface area (TPSA) is 110 Å². The largest absolute Gasteiger partial charge is 0.375 e. The van der Waals surface area contributed by atoms with Crippen LogP contribution in [0.2, 0.25) is 0 Å². The van der Waals surface area contributed by atoms with Gasteiger partial charge in [-0.15, -0.1) is 0 Å². The van der Waals surface area contributed by atoms with E-state index in [0.717, 1.165) is 31.2 Å². The van der Waals surface area contributed by atoms with Crippen LogP contribution >= 0.6 is 0 Å². The Balaban J connectivity index is 1.69. The second-order valence-electron chi connectivity index (χ2n) is 6.91. The smallest absolute Gasteiger partial charge is 0.293 e. The molecule has 1 aliphatic rings. The van der Waals surface area contributed by atoms with E-state index in [9.17, 15) is 14.9 Å². The van der Waals surface area contributed by atoms with Crippen molar-refractivity contribution in [1.82, 2.24) is 5.32 Å². The standard InChI is InChI=1S/C20H24N4O3/c21-16-7-9-17(10-8-16)23-20(25)15-6-11-18(19(12-15)24(26)27)22-13-14-4-2-1-3-5-14/h1-6,11-12,16-17,22H,7-10,13,21H2,(H,23,25). The summed E-state index contributed by atoms with van der Waals surface area (Å²) in [6.07, 6.45) is 3.44. The summed E-state index contributed by atoms with van der Waals surface area (Å²) in [6.45, 7) is 0.468. The Hall–Kier alpha value is -2.93. The van der Waals surface area contributed by atoms with Gasteiger partial charge < -0.3 is 16.4 Å². The molecular weight excluding hydrogens is 344 g/mol. The van der Waals surface area contributed by atoms with Crippen molar-refractivity contribution in [1.29, 1.82) is 0 Å². The molecule has 0 radical (unpaired) electrons. The third-order valence-corrected chi connectivity index (χ3v) is 4.89. The molecule has 0 aliphatic heterocycles. The number of nitrogens with one attached hydrogen (secondary N) is 2. The monoisotopic (exact) mass is 368 g/mol. The van der Waals surface area contributed by atoms with Crippen molar-refractivity contribution in [2.45, 2.75) is 44.3 Å². The van der Waals surface area contributed by atoms with Gasteiger partial charge in [-0.3, -0.25) is 14.9 Å². The normalized spacial score (nSPS) is 19.3. The van der Waals surface area contributed by atoms with E-state index < -0.39 is 4.92 Å². The number of carbonyl (C=O) groups is 1. The minimum absolute atomic E-state index is 0.0761. The minimum Gasteiger partial charge on any atom is -0.375 e. The molecule has 3 rings (SSSR count). The SMILES string of the molecule is NC1CCC(NC(=O)c2ccc(NCc3ccccc3)c([N+](=O)[O-])c2)CC1. The summed E-state index contributed by atoms with van der Waals surface area (Å²) in [4.78, 5) is 23.5. The highest BCUT2D eigenvalue weighted by Gasteiger charge is 2.22. The van der Waals surface area contributed by atoms with Gasteiger partial charge in [0.25, 0.3) is 11.6 Å². The van der Waals surface area contributed by atoms with Crippen LogP contribution in [0.25, 0.3) is 0 Å². The number of hydrogen-bond acceptors (Lipinski definition) is 5. The number of hydrogen-bond donors (Lipinski definition) is 3. The average molecular weight is 368 g/mol. The molecule has 2 aromatic carbocycles. The van der Waals surface area contributed by atoms with Gasteiger partial charge in [0.1, 0.15) is 5.69 Å². The van der Waals surface area contributed by atoms with Crippen LogP contribution < -0.4 is 16.4 Å². The number of nitro benzene ring substituents is 1. The summed E-state index contributed by atoms with van der Waals surface area (Å²) in [5.74, 6) is -0.284. The summed E-state index contributed by atoms with van der Waals surface area (Å²) < 4.78 is 0. The molecule has 1 amide bonds. The molecule has 1 fully saturated rings. The molecule has 0 aromatic heterocycles. The van der Waals surface area contributed by atoms with E-state index in [1.807, 2.05) is 30.3 Å². The number of benzene rings is 2. The van der Waals surface area contributed by atoms with Gasteiger partial charge in [-0.05, 0) is 43.4 Å². The van der Waals surface area contributed by atoms with Crippen LogP contribution in [0.4, 0.5) is 11.4 Å². The number of nitrogens with two attached hydrogens (primary N) is 1. The molecule has 1 saturated carbocycles. The van der Waals surface area contributed by atoms with Gasteiger partial charge in [0.15, 0.2) is 0 Å². The second-order valence-corrected chi connectivity index (χ2v) is 6.91. The highest BCUT2D eigenvalue weighted by atomic mass is 16.6. The van der Waals surface area contributed by atoms with Crippen molar-refractivity contribution in [3.63, 3.8) is 0 Å². The van der Waals surface area contributed by atoms with Crippen molar-refractivity contribution in [3.8, 4) is 0 Å². The highest BCUT2D eigenvalue weighted by molar-refractivity contribution is 5.95. The maximum atomic E-state index is 12.5. The van der Waals surface area contributed by atoms with Gasteiger partial charge in [-0.2, -0.15) is 0 Å². The molecule has 0 spiro atoms. The van der Waals surface area contributed by atoms with E-state index in [0.29, 0.717) is 17.8 Å². The van der Waals surface area contributed by atoms with Gasteiger partial charge >= 0.3 is 0 Å². The Bertz CT molecular complexity index is 802. The number of anilines is 1. The third-order valence-electron chi connectivity index (χ3n) is 4.89. The van der Waals surface area contributed by atoms with Gasteiger partial charge in [0.2, 0.25) is 0 Å². The zero-order chi connectivity index (χ0) is 19.2. The van der Waals surface area contributed by atoms with Gasteiger partial charge in [0, 0.05) is 30.3 Å². The molecule has 0 atom stereocenters. The molecule has 0 unspecified atom stereocenters. The first kappa shape index (κ1) is 18.8. The zero-order valence-electron chi connectivity index (χ0n) is 15.1. The third kappa shape index (κ3) is 5.04. The van der Waals surface area contributed by atoms with Crippen molar-refractivity contribution in [2.75, 3.05) is 5.32 Å². The van der Waals surface area contributed by atoms with E-state index in [4.69, 9.17) is 5.73 Å². The molecular formula is C20H24N4O3. The molecule has 7 nitrogen and oxygen atoms in total. The summed E-state index contributed by atoms with van der Waals surface area (Å²) in [5, 5.41) is 17.5. The van der Waals surface area contributed by atoms with Crippen LogP contribution in [0.1, 0.15) is 41.6 Å². The van der Waals surface area contributed by atoms with Crippen LogP contribution in [0.5, 0.6) is 0 Å². The number of rotatable bonds is 6. The zero-order valence-corrected chi connectivity index (χ0v) is 15.1. The lowest BCUT2D eigenvalue weighted by Crippen LogP contribution is -2.40. The summed E-state index contributed by atoms with van der Waals surface area (Å²) in [5.41, 5.74) is 7.48. The first-order chi connectivity index (χ1) is 13.0. The van der Waals surface area contributed by atoms with Crippen LogP contribution in [0.3, 0.4) is 0 Å². The number of carbonyl (C=O) groups excluding carboxylic acids is 1. The van der Waals surface area contributed by atoms with E-state index in [1.54, 1.807) is 12.1 Å². The maximum absolute atomic E-state index is 12.5. The quantitative estimate of drug-likeness (QED) is 0.536. The number of amides is 1. The van der Waals surface area contributed by atoms with Crippen LogP contribution in [0.15, 0.2) is 48.5 Å². The minimum atomic E-state index is -0.469. The van der Waals surface area contributed by atoms with Crippen LogP contribution in [-0.2, 0) is 6.54 Å². The molecule has 1 aliphatic carbocycles. The molecule has 27 heavy (non-hydrogen) atoms. The first-order valence-corrected chi connectivity index (χ1v) is 9.15. The molecule has 0 bridgehead atoms. The Kier molecular flexibility index (Phi) is 6.03. The lowest BCUT2D eigenvalue weighted by molar-refractivity contribution is -0.384. The predicted molar refractivity (Wildman–Crippen MR) is 105 cm³/mol. The van der Waals surface area contributed by atoms with Crippen LogP contribution in [0, 0.1) is 10.1 Å². The second kappa shape index (κ2) is 8.64. The number of nitro groups is 1. The van der Waals surface area contributed by atoms with Crippen molar-refractivity contribution in [2.24, 2.45) is 5.73 Å². The van der Waals surface area contributed by atoms with E-state index >= 15 is 0 Å². The maximum Gasteiger partial charge on any atom is 0.293 e. The van der Waals surface area contributed by atoms with Crippen molar-refractivity contribution < 1.29 is 9.72 Å². The molecule has 0 saturated heterocycles. The van der Waals surface area contributed by atoms with E-state index in [1.165, 1.54) is 6.07 Å². The molecule has 7 heteroatoms. The van der Waals surface area contributed by atoms with Crippen LogP contribution in [-0.4, -0.2) is 22.9 Å². The fourth-order valence-electron chi connectivity index (χ4n) is 3.30. The van der Waals surface area contributed by atoms with Gasteiger partial charge in [-0.25, -0.2) is 0 Å². The Morgan fingerprint density at radius 1 is 1.11 bits per heavy atom. The van der Waals surface area contributed by atoms with E-state index in [-0.39, 0.29) is 23.7 Å². The molecule has 4 N–H and O–H groups in total. The Morgan fingerprint density at radius 3 is 2.48 bits per heavy atom. The van der Waals surface area contributed by atoms with E-state index in [2.05, 4.69) is 10.6 Å². The first-order valence-electron chi connectivity index (χ1n) is 9.15. The number of nitrogens with zero attached hydrogens (tertiary/aromatic N) is 1. The predicted octanol–water partition coefficient (Wildman–Crippen LogP) is 3.21. The lowest BCUT2D eigenvalue weighted by atomic mass is 9.91. The van der Waals surface area contributed by atoms with Gasteiger partial charge in [0.05, 0.1) is 4.92 Å². The van der Waals surface area contributed by atoms with Gasteiger partial charge in [-0.1, -0.05) is 30.3 Å².